The van der Waals surface area contributed by atoms with E-state index in [1.54, 1.807) is 0 Å². The third kappa shape index (κ3) is 1.80. The summed E-state index contributed by atoms with van der Waals surface area (Å²) in [5.74, 6) is 0.645. The van der Waals surface area contributed by atoms with Gasteiger partial charge in [0.05, 0.1) is 19.7 Å². The van der Waals surface area contributed by atoms with Crippen molar-refractivity contribution in [2.45, 2.75) is 0 Å². The summed E-state index contributed by atoms with van der Waals surface area (Å²) in [6.07, 6.45) is 0. The summed E-state index contributed by atoms with van der Waals surface area (Å²) in [6, 6.07) is 5.62. The van der Waals surface area contributed by atoms with Crippen LogP contribution in [0.4, 0.5) is 5.69 Å². The number of rotatable bonds is 3. The lowest BCUT2D eigenvalue weighted by molar-refractivity contribution is 0.354. The summed E-state index contributed by atoms with van der Waals surface area (Å²) in [5.41, 5.74) is 1.32. The van der Waals surface area contributed by atoms with Gasteiger partial charge in [0.2, 0.25) is 5.75 Å². The van der Waals surface area contributed by atoms with Crippen molar-refractivity contribution in [3.63, 3.8) is 0 Å². The number of fused-ring (bicyclic) bond motifs is 1. The van der Waals surface area contributed by atoms with Crippen LogP contribution in [-0.2, 0) is 0 Å². The van der Waals surface area contributed by atoms with Gasteiger partial charge in [0.1, 0.15) is 0 Å². The van der Waals surface area contributed by atoms with Crippen LogP contribution in [-0.4, -0.2) is 26.3 Å². The molecular weight excluding hydrogens is 220 g/mol. The van der Waals surface area contributed by atoms with Gasteiger partial charge in [-0.3, -0.25) is 4.79 Å². The molecular formula is C12H14N2O3. The normalized spacial score (nSPS) is 10.3. The number of H-pyrrole nitrogens is 1. The van der Waals surface area contributed by atoms with Crippen molar-refractivity contribution in [3.05, 3.63) is 28.6 Å². The van der Waals surface area contributed by atoms with Crippen molar-refractivity contribution in [3.8, 4) is 11.5 Å². The molecule has 0 unspecified atom stereocenters. The van der Waals surface area contributed by atoms with Gasteiger partial charge in [-0.25, -0.2) is 0 Å². The van der Waals surface area contributed by atoms with E-state index in [1.807, 2.05) is 25.2 Å². The smallest absolute Gasteiger partial charge is 0.294 e. The third-order valence-corrected chi connectivity index (χ3v) is 2.62. The van der Waals surface area contributed by atoms with Crippen molar-refractivity contribution < 1.29 is 9.47 Å². The Hall–Kier alpha value is -2.17. The number of ether oxygens (including phenoxy) is 2. The zero-order valence-electron chi connectivity index (χ0n) is 9.96. The minimum absolute atomic E-state index is 0.192. The van der Waals surface area contributed by atoms with Crippen molar-refractivity contribution in [2.24, 2.45) is 0 Å². The van der Waals surface area contributed by atoms with E-state index < -0.39 is 0 Å². The van der Waals surface area contributed by atoms with Gasteiger partial charge in [0, 0.05) is 18.1 Å². The fraction of sp³-hybridized carbons (Fsp3) is 0.250. The topological polar surface area (TPSA) is 63.4 Å². The van der Waals surface area contributed by atoms with Crippen LogP contribution in [0.25, 0.3) is 10.9 Å². The molecule has 0 spiro atoms. The Balaban J connectivity index is 2.82. The Morgan fingerprint density at radius 2 is 1.88 bits per heavy atom. The molecule has 17 heavy (non-hydrogen) atoms. The number of aromatic amines is 1. The second-order valence-corrected chi connectivity index (χ2v) is 3.53. The first-order chi connectivity index (χ1) is 8.21. The van der Waals surface area contributed by atoms with Gasteiger partial charge >= 0.3 is 0 Å². The molecule has 0 amide bonds. The Bertz CT molecular complexity index is 604. The first kappa shape index (κ1) is 11.3. The zero-order chi connectivity index (χ0) is 12.4. The standard InChI is InChI=1S/C12H14N2O3/c1-13-7-4-5-8-9(6-7)14-12(15)11(17-3)10(8)16-2/h4-6,13H,1-3H3,(H,14,15). The molecule has 2 aromatic rings. The molecule has 1 aromatic heterocycles. The lowest BCUT2D eigenvalue weighted by Crippen LogP contribution is -2.11. The lowest BCUT2D eigenvalue weighted by Gasteiger charge is -2.10. The number of hydrogen-bond acceptors (Lipinski definition) is 4. The van der Waals surface area contributed by atoms with Crippen LogP contribution >= 0.6 is 0 Å². The van der Waals surface area contributed by atoms with Crippen LogP contribution in [0, 0.1) is 0 Å². The van der Waals surface area contributed by atoms with Gasteiger partial charge in [-0.15, -0.1) is 0 Å². The van der Waals surface area contributed by atoms with E-state index in [9.17, 15) is 4.79 Å². The highest BCUT2D eigenvalue weighted by Crippen LogP contribution is 2.31. The maximum absolute atomic E-state index is 11.8. The zero-order valence-corrected chi connectivity index (χ0v) is 9.96. The van der Waals surface area contributed by atoms with Crippen LogP contribution in [0.1, 0.15) is 0 Å². The first-order valence-corrected chi connectivity index (χ1v) is 5.17. The third-order valence-electron chi connectivity index (χ3n) is 2.62. The second kappa shape index (κ2) is 4.37. The largest absolute Gasteiger partial charge is 0.492 e. The summed E-state index contributed by atoms with van der Waals surface area (Å²) >= 11 is 0. The van der Waals surface area contributed by atoms with Crippen molar-refractivity contribution in [1.29, 1.82) is 0 Å². The summed E-state index contributed by atoms with van der Waals surface area (Å²) in [4.78, 5) is 14.5. The molecule has 0 atom stereocenters. The Labute approximate surface area is 98.4 Å². The van der Waals surface area contributed by atoms with Crippen LogP contribution in [0.2, 0.25) is 0 Å². The summed E-state index contributed by atoms with van der Waals surface area (Å²) in [7, 11) is 4.78. The number of aromatic nitrogens is 1. The molecule has 1 heterocycles. The van der Waals surface area contributed by atoms with E-state index >= 15 is 0 Å². The van der Waals surface area contributed by atoms with E-state index in [0.717, 1.165) is 11.1 Å². The molecule has 0 saturated carbocycles. The van der Waals surface area contributed by atoms with E-state index in [2.05, 4.69) is 10.3 Å². The number of benzene rings is 1. The minimum atomic E-state index is -0.301. The minimum Gasteiger partial charge on any atom is -0.492 e. The molecule has 0 aliphatic heterocycles. The Kier molecular flexibility index (Phi) is 2.91. The highest BCUT2D eigenvalue weighted by molar-refractivity contribution is 5.89. The fourth-order valence-electron chi connectivity index (χ4n) is 1.79. The molecule has 1 aromatic carbocycles. The van der Waals surface area contributed by atoms with Crippen LogP contribution < -0.4 is 20.3 Å². The average Bonchev–Trinajstić information content (AvgIpc) is 2.36. The maximum atomic E-state index is 11.8. The molecule has 0 aliphatic rings. The number of methoxy groups -OCH3 is 2. The molecule has 2 rings (SSSR count). The second-order valence-electron chi connectivity index (χ2n) is 3.53. The number of hydrogen-bond donors (Lipinski definition) is 2. The van der Waals surface area contributed by atoms with Crippen molar-refractivity contribution in [1.82, 2.24) is 4.98 Å². The van der Waals surface area contributed by atoms with Gasteiger partial charge in [0.15, 0.2) is 5.75 Å². The predicted octanol–water partition coefficient (Wildman–Crippen LogP) is 1.59. The highest BCUT2D eigenvalue weighted by atomic mass is 16.5. The lowest BCUT2D eigenvalue weighted by atomic mass is 10.1. The molecule has 5 heteroatoms. The molecule has 2 N–H and O–H groups in total. The SMILES string of the molecule is CNc1ccc2c(OC)c(OC)c(=O)[nH]c2c1. The quantitative estimate of drug-likeness (QED) is 0.846. The van der Waals surface area contributed by atoms with Gasteiger partial charge in [-0.2, -0.15) is 0 Å². The number of nitrogens with one attached hydrogen (secondary N) is 2. The van der Waals surface area contributed by atoms with E-state index in [-0.39, 0.29) is 11.3 Å². The Morgan fingerprint density at radius 1 is 1.18 bits per heavy atom. The first-order valence-electron chi connectivity index (χ1n) is 5.17. The van der Waals surface area contributed by atoms with E-state index in [0.29, 0.717) is 11.3 Å². The Morgan fingerprint density at radius 3 is 2.47 bits per heavy atom. The summed E-state index contributed by atoms with van der Waals surface area (Å²) in [5, 5.41) is 3.82. The highest BCUT2D eigenvalue weighted by Gasteiger charge is 2.13. The van der Waals surface area contributed by atoms with Gasteiger partial charge < -0.3 is 19.8 Å². The van der Waals surface area contributed by atoms with E-state index in [4.69, 9.17) is 9.47 Å². The molecule has 0 saturated heterocycles. The molecule has 0 radical (unpaired) electrons. The predicted molar refractivity (Wildman–Crippen MR) is 67.2 cm³/mol. The molecule has 0 aliphatic carbocycles. The molecule has 0 fully saturated rings. The van der Waals surface area contributed by atoms with Crippen molar-refractivity contribution in [2.75, 3.05) is 26.6 Å². The average molecular weight is 234 g/mol. The number of pyridine rings is 1. The fourth-order valence-corrected chi connectivity index (χ4v) is 1.79. The molecule has 5 nitrogen and oxygen atoms in total. The maximum Gasteiger partial charge on any atom is 0.294 e. The van der Waals surface area contributed by atoms with Gasteiger partial charge in [-0.05, 0) is 18.2 Å². The molecule has 90 valence electrons. The van der Waals surface area contributed by atoms with Gasteiger partial charge in [-0.1, -0.05) is 0 Å². The summed E-state index contributed by atoms with van der Waals surface area (Å²) < 4.78 is 10.3. The van der Waals surface area contributed by atoms with Crippen LogP contribution in [0.15, 0.2) is 23.0 Å². The summed E-state index contributed by atoms with van der Waals surface area (Å²) in [6.45, 7) is 0. The number of anilines is 1. The van der Waals surface area contributed by atoms with Crippen molar-refractivity contribution >= 4 is 16.6 Å². The van der Waals surface area contributed by atoms with Crippen LogP contribution in [0.5, 0.6) is 11.5 Å². The monoisotopic (exact) mass is 234 g/mol. The van der Waals surface area contributed by atoms with E-state index in [1.165, 1.54) is 14.2 Å². The van der Waals surface area contributed by atoms with Gasteiger partial charge in [0.25, 0.3) is 5.56 Å². The molecule has 0 bridgehead atoms. The van der Waals surface area contributed by atoms with Crippen LogP contribution in [0.3, 0.4) is 0 Å².